The average Bonchev–Trinajstić information content (AvgIpc) is 2.53. The summed E-state index contributed by atoms with van der Waals surface area (Å²) in [5.41, 5.74) is 5.98. The molecule has 0 saturated carbocycles. The Morgan fingerprint density at radius 3 is 2.76 bits per heavy atom. The summed E-state index contributed by atoms with van der Waals surface area (Å²) in [7, 11) is 0. The van der Waals surface area contributed by atoms with Gasteiger partial charge in [-0.05, 0) is 6.42 Å². The van der Waals surface area contributed by atoms with Gasteiger partial charge in [-0.25, -0.2) is 0 Å². The zero-order valence-electron chi connectivity index (χ0n) is 13.1. The monoisotopic (exact) mass is 296 g/mol. The number of rotatable bonds is 9. The van der Waals surface area contributed by atoms with Gasteiger partial charge in [0.05, 0.1) is 31.7 Å². The fourth-order valence-corrected chi connectivity index (χ4v) is 2.39. The van der Waals surface area contributed by atoms with Gasteiger partial charge in [-0.2, -0.15) is 5.26 Å². The summed E-state index contributed by atoms with van der Waals surface area (Å²) in [6, 6.07) is 1.67. The van der Waals surface area contributed by atoms with E-state index in [9.17, 15) is 4.79 Å². The SMILES string of the molecule is CCCC[C@H](N)C(=O)N(CCC#N)CCN1CCOCC1. The van der Waals surface area contributed by atoms with E-state index in [2.05, 4.69) is 17.9 Å². The van der Waals surface area contributed by atoms with Crippen LogP contribution in [-0.4, -0.2) is 67.7 Å². The number of hydrogen-bond acceptors (Lipinski definition) is 5. The first-order valence-corrected chi connectivity index (χ1v) is 7.90. The molecular formula is C15H28N4O2. The first-order chi connectivity index (χ1) is 10.2. The molecule has 1 rings (SSSR count). The largest absolute Gasteiger partial charge is 0.379 e. The fraction of sp³-hybridized carbons (Fsp3) is 0.867. The second-order valence-corrected chi connectivity index (χ2v) is 5.44. The molecule has 2 N–H and O–H groups in total. The molecule has 0 aromatic rings. The predicted molar refractivity (Wildman–Crippen MR) is 81.6 cm³/mol. The molecule has 6 nitrogen and oxygen atoms in total. The van der Waals surface area contributed by atoms with Crippen molar-refractivity contribution in [1.82, 2.24) is 9.80 Å². The normalized spacial score (nSPS) is 17.2. The van der Waals surface area contributed by atoms with Crippen LogP contribution in [0.15, 0.2) is 0 Å². The van der Waals surface area contributed by atoms with Crippen molar-refractivity contribution in [2.75, 3.05) is 45.9 Å². The molecular weight excluding hydrogens is 268 g/mol. The van der Waals surface area contributed by atoms with Crippen molar-refractivity contribution in [2.45, 2.75) is 38.6 Å². The number of amides is 1. The molecule has 1 atom stereocenters. The molecule has 1 amide bonds. The molecule has 0 aromatic carbocycles. The van der Waals surface area contributed by atoms with E-state index >= 15 is 0 Å². The van der Waals surface area contributed by atoms with E-state index in [0.717, 1.165) is 52.1 Å². The second kappa shape index (κ2) is 10.6. The van der Waals surface area contributed by atoms with Crippen molar-refractivity contribution >= 4 is 5.91 Å². The smallest absolute Gasteiger partial charge is 0.239 e. The van der Waals surface area contributed by atoms with Crippen molar-refractivity contribution in [2.24, 2.45) is 5.73 Å². The third-order valence-electron chi connectivity index (χ3n) is 3.78. The molecule has 1 saturated heterocycles. The molecule has 21 heavy (non-hydrogen) atoms. The number of nitrogens with two attached hydrogens (primary N) is 1. The minimum Gasteiger partial charge on any atom is -0.379 e. The first-order valence-electron chi connectivity index (χ1n) is 7.90. The van der Waals surface area contributed by atoms with Crippen molar-refractivity contribution in [1.29, 1.82) is 5.26 Å². The highest BCUT2D eigenvalue weighted by Crippen LogP contribution is 2.05. The Kier molecular flexibility index (Phi) is 8.99. The molecule has 1 aliphatic rings. The quantitative estimate of drug-likeness (QED) is 0.673. The summed E-state index contributed by atoms with van der Waals surface area (Å²) in [5.74, 6) is -0.0213. The van der Waals surface area contributed by atoms with Crippen LogP contribution < -0.4 is 5.73 Å². The first kappa shape index (κ1) is 17.9. The predicted octanol–water partition coefficient (Wildman–Crippen LogP) is 0.578. The molecule has 1 heterocycles. The maximum Gasteiger partial charge on any atom is 0.239 e. The lowest BCUT2D eigenvalue weighted by Gasteiger charge is -2.31. The summed E-state index contributed by atoms with van der Waals surface area (Å²) in [5, 5.41) is 8.75. The van der Waals surface area contributed by atoms with E-state index in [-0.39, 0.29) is 5.91 Å². The topological polar surface area (TPSA) is 82.6 Å². The molecule has 1 aliphatic heterocycles. The number of hydrogen-bond donors (Lipinski definition) is 1. The third-order valence-corrected chi connectivity index (χ3v) is 3.78. The van der Waals surface area contributed by atoms with Crippen molar-refractivity contribution in [3.05, 3.63) is 0 Å². The van der Waals surface area contributed by atoms with Crippen LogP contribution in [0.25, 0.3) is 0 Å². The van der Waals surface area contributed by atoms with E-state index in [1.54, 1.807) is 4.90 Å². The molecule has 120 valence electrons. The number of morpholine rings is 1. The Bertz CT molecular complexity index is 337. The van der Waals surface area contributed by atoms with Gasteiger partial charge in [0.25, 0.3) is 0 Å². The number of carbonyl (C=O) groups excluding carboxylic acids is 1. The lowest BCUT2D eigenvalue weighted by molar-refractivity contribution is -0.133. The Labute approximate surface area is 127 Å². The fourth-order valence-electron chi connectivity index (χ4n) is 2.39. The summed E-state index contributed by atoms with van der Waals surface area (Å²) in [6.45, 7) is 7.33. The second-order valence-electron chi connectivity index (χ2n) is 5.44. The van der Waals surface area contributed by atoms with Gasteiger partial charge in [-0.3, -0.25) is 9.69 Å². The van der Waals surface area contributed by atoms with Crippen LogP contribution in [0.5, 0.6) is 0 Å². The highest BCUT2D eigenvalue weighted by molar-refractivity contribution is 5.81. The van der Waals surface area contributed by atoms with E-state index in [1.807, 2.05) is 0 Å². The summed E-state index contributed by atoms with van der Waals surface area (Å²) >= 11 is 0. The number of carbonyl (C=O) groups is 1. The number of nitriles is 1. The van der Waals surface area contributed by atoms with Crippen LogP contribution >= 0.6 is 0 Å². The Balaban J connectivity index is 2.45. The van der Waals surface area contributed by atoms with Crippen LogP contribution in [-0.2, 0) is 9.53 Å². The Hall–Kier alpha value is -1.16. The Morgan fingerprint density at radius 1 is 1.43 bits per heavy atom. The van der Waals surface area contributed by atoms with Gasteiger partial charge in [-0.15, -0.1) is 0 Å². The zero-order chi connectivity index (χ0) is 15.5. The highest BCUT2D eigenvalue weighted by Gasteiger charge is 2.21. The van der Waals surface area contributed by atoms with Gasteiger partial charge in [-0.1, -0.05) is 19.8 Å². The van der Waals surface area contributed by atoms with Crippen molar-refractivity contribution in [3.8, 4) is 6.07 Å². The molecule has 0 aliphatic carbocycles. The lowest BCUT2D eigenvalue weighted by atomic mass is 10.1. The summed E-state index contributed by atoms with van der Waals surface area (Å²) < 4.78 is 5.32. The van der Waals surface area contributed by atoms with Crippen LogP contribution in [0, 0.1) is 11.3 Å². The maximum atomic E-state index is 12.4. The van der Waals surface area contributed by atoms with Crippen molar-refractivity contribution in [3.63, 3.8) is 0 Å². The van der Waals surface area contributed by atoms with Gasteiger partial charge >= 0.3 is 0 Å². The van der Waals surface area contributed by atoms with Crippen LogP contribution in [0.3, 0.4) is 0 Å². The summed E-state index contributed by atoms with van der Waals surface area (Å²) in [6.07, 6.45) is 3.07. The molecule has 0 aromatic heterocycles. The molecule has 1 fully saturated rings. The van der Waals surface area contributed by atoms with E-state index in [1.165, 1.54) is 0 Å². The lowest BCUT2D eigenvalue weighted by Crippen LogP contribution is -2.48. The zero-order valence-corrected chi connectivity index (χ0v) is 13.1. The number of nitrogens with zero attached hydrogens (tertiary/aromatic N) is 3. The van der Waals surface area contributed by atoms with Gasteiger partial charge in [0.1, 0.15) is 0 Å². The molecule has 0 spiro atoms. The molecule has 0 bridgehead atoms. The Morgan fingerprint density at radius 2 is 2.14 bits per heavy atom. The van der Waals surface area contributed by atoms with Crippen molar-refractivity contribution < 1.29 is 9.53 Å². The molecule has 6 heteroatoms. The van der Waals surface area contributed by atoms with E-state index in [4.69, 9.17) is 15.7 Å². The van der Waals surface area contributed by atoms with E-state index < -0.39 is 6.04 Å². The van der Waals surface area contributed by atoms with Crippen LogP contribution in [0.2, 0.25) is 0 Å². The van der Waals surface area contributed by atoms with Gasteiger partial charge in [0.2, 0.25) is 5.91 Å². The maximum absolute atomic E-state index is 12.4. The van der Waals surface area contributed by atoms with Crippen LogP contribution in [0.1, 0.15) is 32.6 Å². The van der Waals surface area contributed by atoms with Gasteiger partial charge in [0, 0.05) is 32.7 Å². The highest BCUT2D eigenvalue weighted by atomic mass is 16.5. The van der Waals surface area contributed by atoms with Gasteiger partial charge < -0.3 is 15.4 Å². The number of ether oxygens (including phenoxy) is 1. The third kappa shape index (κ3) is 6.89. The summed E-state index contributed by atoms with van der Waals surface area (Å²) in [4.78, 5) is 16.4. The average molecular weight is 296 g/mol. The minimum absolute atomic E-state index is 0.0213. The molecule has 0 radical (unpaired) electrons. The van der Waals surface area contributed by atoms with Crippen LogP contribution in [0.4, 0.5) is 0 Å². The van der Waals surface area contributed by atoms with E-state index in [0.29, 0.717) is 19.5 Å². The molecule has 0 unspecified atom stereocenters. The standard InChI is InChI=1S/C15H28N4O2/c1-2-3-5-14(17)15(20)19(7-4-6-16)9-8-18-10-12-21-13-11-18/h14H,2-5,7-13,17H2,1H3/t14-/m0/s1. The number of unbranched alkanes of at least 4 members (excludes halogenated alkanes) is 1. The van der Waals surface area contributed by atoms with Gasteiger partial charge in [0.15, 0.2) is 0 Å². The minimum atomic E-state index is -0.437.